The summed E-state index contributed by atoms with van der Waals surface area (Å²) in [6, 6.07) is 14.3. The normalized spacial score (nSPS) is 14.8. The second-order valence-electron chi connectivity index (χ2n) is 10.0. The van der Waals surface area contributed by atoms with Crippen molar-refractivity contribution in [3.8, 4) is 0 Å². The number of benzene rings is 2. The largest absolute Gasteiger partial charge is 0.778 e. The Kier molecular flexibility index (Phi) is 13.7. The molecule has 9 nitrogen and oxygen atoms in total. The van der Waals surface area contributed by atoms with Crippen LogP contribution in [0.5, 0.6) is 0 Å². The molecule has 40 heavy (non-hydrogen) atoms. The Balaban J connectivity index is 1.75. The van der Waals surface area contributed by atoms with E-state index in [9.17, 15) is 28.5 Å². The summed E-state index contributed by atoms with van der Waals surface area (Å²) in [7, 11) is -7.66. The molecule has 2 atom stereocenters. The predicted octanol–water partition coefficient (Wildman–Crippen LogP) is 5.29. The van der Waals surface area contributed by atoms with Gasteiger partial charge in [-0.2, -0.15) is 0 Å². The SMILES string of the molecule is CC(C)P(=O)([O-])OCCCCC(=O)c1ccc(/C=C/c2ccc(C(=O)NCCCOP(=O)([O-])C(C)C)cc2)cc1. The van der Waals surface area contributed by atoms with Gasteiger partial charge in [0.2, 0.25) is 0 Å². The van der Waals surface area contributed by atoms with Crippen LogP contribution in [0.2, 0.25) is 0 Å². The maximum absolute atomic E-state index is 12.4. The summed E-state index contributed by atoms with van der Waals surface area (Å²) in [5.41, 5.74) is 1.76. The van der Waals surface area contributed by atoms with Gasteiger partial charge in [-0.15, -0.1) is 0 Å². The highest BCUT2D eigenvalue weighted by molar-refractivity contribution is 7.52. The average molecular weight is 592 g/mol. The first-order valence-corrected chi connectivity index (χ1v) is 16.6. The van der Waals surface area contributed by atoms with Gasteiger partial charge in [0.05, 0.1) is 13.2 Å². The fourth-order valence-corrected chi connectivity index (χ4v) is 4.67. The number of rotatable bonds is 17. The lowest BCUT2D eigenvalue weighted by Crippen LogP contribution is -2.25. The van der Waals surface area contributed by atoms with Crippen molar-refractivity contribution >= 4 is 39.0 Å². The minimum atomic E-state index is -3.84. The molecule has 0 spiro atoms. The number of carbonyl (C=O) groups is 2. The topological polar surface area (TPSA) is 145 Å². The van der Waals surface area contributed by atoms with E-state index in [1.807, 2.05) is 36.4 Å². The summed E-state index contributed by atoms with van der Waals surface area (Å²) in [6.45, 7) is 6.68. The number of nitrogens with one attached hydrogen (secondary N) is 1. The van der Waals surface area contributed by atoms with Gasteiger partial charge in [-0.25, -0.2) is 0 Å². The van der Waals surface area contributed by atoms with Gasteiger partial charge in [0, 0.05) is 35.4 Å². The van der Waals surface area contributed by atoms with Crippen LogP contribution >= 0.6 is 15.2 Å². The standard InChI is InChI=1S/C29H41NO8P2/c1-22(2)39(33,34)37-20-6-5-8-28(31)26-15-11-24(12-16-26)9-10-25-13-17-27(18-14-25)29(32)30-19-7-21-38-40(35,36)23(3)4/h9-18,22-23H,5-8,19-21H2,1-4H3,(H,30,32)(H,33,34)(H,35,36)/p-2/b10-9+. The number of carbonyl (C=O) groups excluding carboxylic acids is 2. The lowest BCUT2D eigenvalue weighted by atomic mass is 10.0. The Morgan fingerprint density at radius 2 is 1.20 bits per heavy atom. The predicted molar refractivity (Wildman–Crippen MR) is 154 cm³/mol. The van der Waals surface area contributed by atoms with Gasteiger partial charge in [-0.05, 0) is 42.5 Å². The molecule has 2 aromatic rings. The Hall–Kier alpha value is -2.38. The minimum absolute atomic E-state index is 0.00736. The van der Waals surface area contributed by atoms with Crippen molar-refractivity contribution in [3.05, 3.63) is 70.8 Å². The van der Waals surface area contributed by atoms with Crippen LogP contribution in [0.25, 0.3) is 12.2 Å². The highest BCUT2D eigenvalue weighted by Gasteiger charge is 2.14. The molecule has 2 unspecified atom stereocenters. The quantitative estimate of drug-likeness (QED) is 0.113. The maximum atomic E-state index is 12.4. The fraction of sp³-hybridized carbons (Fsp3) is 0.448. The molecule has 1 amide bonds. The highest BCUT2D eigenvalue weighted by atomic mass is 31.2. The van der Waals surface area contributed by atoms with Crippen LogP contribution < -0.4 is 15.1 Å². The summed E-state index contributed by atoms with van der Waals surface area (Å²) in [5, 5.41) is 2.75. The second kappa shape index (κ2) is 16.2. The summed E-state index contributed by atoms with van der Waals surface area (Å²) in [4.78, 5) is 48.0. The van der Waals surface area contributed by atoms with Gasteiger partial charge >= 0.3 is 0 Å². The van der Waals surface area contributed by atoms with Crippen molar-refractivity contribution in [2.45, 2.75) is 64.7 Å². The molecule has 11 heteroatoms. The number of hydrogen-bond acceptors (Lipinski definition) is 8. The molecule has 0 saturated heterocycles. The molecule has 0 fully saturated rings. The van der Waals surface area contributed by atoms with Crippen LogP contribution in [-0.2, 0) is 18.2 Å². The average Bonchev–Trinajstić information content (AvgIpc) is 2.91. The smallest absolute Gasteiger partial charge is 0.251 e. The molecule has 0 aliphatic heterocycles. The fourth-order valence-electron chi connectivity index (χ4n) is 3.31. The molecule has 2 aromatic carbocycles. The summed E-state index contributed by atoms with van der Waals surface area (Å²) in [5.74, 6) is -0.259. The summed E-state index contributed by atoms with van der Waals surface area (Å²) < 4.78 is 33.2. The van der Waals surface area contributed by atoms with Crippen molar-refractivity contribution in [1.29, 1.82) is 0 Å². The zero-order valence-electron chi connectivity index (χ0n) is 23.5. The Morgan fingerprint density at radius 1 is 0.750 bits per heavy atom. The zero-order chi connectivity index (χ0) is 29.8. The maximum Gasteiger partial charge on any atom is 0.251 e. The molecular weight excluding hydrogens is 552 g/mol. The zero-order valence-corrected chi connectivity index (χ0v) is 25.3. The lowest BCUT2D eigenvalue weighted by Gasteiger charge is -2.26. The number of amides is 1. The van der Waals surface area contributed by atoms with E-state index < -0.39 is 26.5 Å². The van der Waals surface area contributed by atoms with E-state index in [-0.39, 0.29) is 24.9 Å². The number of Topliss-reactive ketones (excluding diaryl/α,β-unsaturated/α-hetero) is 1. The Morgan fingerprint density at radius 3 is 1.68 bits per heavy atom. The number of hydrogen-bond donors (Lipinski definition) is 1. The van der Waals surface area contributed by atoms with Crippen LogP contribution in [0.4, 0.5) is 0 Å². The van der Waals surface area contributed by atoms with E-state index in [1.54, 1.807) is 52.0 Å². The van der Waals surface area contributed by atoms with Gasteiger partial charge < -0.3 is 33.3 Å². The minimum Gasteiger partial charge on any atom is -0.778 e. The number of unbranched alkanes of at least 4 members (excludes halogenated alkanes) is 1. The van der Waals surface area contributed by atoms with Crippen LogP contribution in [0, 0.1) is 0 Å². The van der Waals surface area contributed by atoms with Gasteiger partial charge in [-0.3, -0.25) is 9.59 Å². The number of ketones is 1. The first kappa shape index (κ1) is 33.8. The first-order chi connectivity index (χ1) is 18.8. The Bertz CT molecular complexity index is 1130. The van der Waals surface area contributed by atoms with Crippen molar-refractivity contribution in [1.82, 2.24) is 5.32 Å². The molecular formula is C29H39NO8P2-2. The molecule has 0 radical (unpaired) electrons. The molecule has 0 aliphatic rings. The molecule has 220 valence electrons. The van der Waals surface area contributed by atoms with Gasteiger partial charge in [0.15, 0.2) is 5.78 Å². The highest BCUT2D eigenvalue weighted by Crippen LogP contribution is 2.43. The molecule has 0 aromatic heterocycles. The van der Waals surface area contributed by atoms with Crippen molar-refractivity contribution in [3.63, 3.8) is 0 Å². The Labute approximate surface area is 237 Å². The molecule has 0 bridgehead atoms. The van der Waals surface area contributed by atoms with E-state index in [0.717, 1.165) is 11.1 Å². The third-order valence-electron chi connectivity index (χ3n) is 6.09. The summed E-state index contributed by atoms with van der Waals surface area (Å²) >= 11 is 0. The lowest BCUT2D eigenvalue weighted by molar-refractivity contribution is -0.201. The van der Waals surface area contributed by atoms with E-state index in [1.165, 1.54) is 0 Å². The summed E-state index contributed by atoms with van der Waals surface area (Å²) in [6.07, 6.45) is 5.55. The van der Waals surface area contributed by atoms with Crippen LogP contribution in [0.1, 0.15) is 85.2 Å². The molecule has 1 N–H and O–H groups in total. The third-order valence-corrected chi connectivity index (χ3v) is 9.70. The van der Waals surface area contributed by atoms with Crippen LogP contribution in [0.15, 0.2) is 48.5 Å². The van der Waals surface area contributed by atoms with Crippen molar-refractivity contribution < 1.29 is 37.6 Å². The van der Waals surface area contributed by atoms with Gasteiger partial charge in [0.1, 0.15) is 15.2 Å². The monoisotopic (exact) mass is 591 g/mol. The first-order valence-electron chi connectivity index (χ1n) is 13.4. The second-order valence-corrected chi connectivity index (χ2v) is 14.7. The molecule has 0 aliphatic carbocycles. The van der Waals surface area contributed by atoms with E-state index >= 15 is 0 Å². The van der Waals surface area contributed by atoms with E-state index in [2.05, 4.69) is 5.32 Å². The van der Waals surface area contributed by atoms with Crippen LogP contribution in [-0.4, -0.2) is 42.8 Å². The van der Waals surface area contributed by atoms with Crippen molar-refractivity contribution in [2.75, 3.05) is 19.8 Å². The van der Waals surface area contributed by atoms with Gasteiger partial charge in [0.25, 0.3) is 5.91 Å². The molecule has 0 saturated carbocycles. The molecule has 2 rings (SSSR count). The van der Waals surface area contributed by atoms with Crippen molar-refractivity contribution in [2.24, 2.45) is 0 Å². The molecule has 0 heterocycles. The van der Waals surface area contributed by atoms with Gasteiger partial charge in [-0.1, -0.05) is 76.2 Å². The van der Waals surface area contributed by atoms with E-state index in [0.29, 0.717) is 43.4 Å². The third kappa shape index (κ3) is 11.6. The van der Waals surface area contributed by atoms with E-state index in [4.69, 9.17) is 9.05 Å². The van der Waals surface area contributed by atoms with Crippen LogP contribution in [0.3, 0.4) is 0 Å².